The Morgan fingerprint density at radius 3 is 2.50 bits per heavy atom. The van der Waals surface area contributed by atoms with E-state index in [1.54, 1.807) is 7.05 Å². The van der Waals surface area contributed by atoms with Gasteiger partial charge in [0, 0.05) is 26.4 Å². The number of benzene rings is 1. The van der Waals surface area contributed by atoms with E-state index in [0.717, 1.165) is 23.9 Å². The van der Waals surface area contributed by atoms with Gasteiger partial charge in [0.15, 0.2) is 5.58 Å². The van der Waals surface area contributed by atoms with Crippen LogP contribution < -0.4 is 11.1 Å². The lowest BCUT2D eigenvalue weighted by Gasteiger charge is -2.39. The molecule has 0 radical (unpaired) electrons. The topological polar surface area (TPSA) is 84.6 Å². The zero-order valence-electron chi connectivity index (χ0n) is 17.1. The summed E-state index contributed by atoms with van der Waals surface area (Å²) < 4.78 is 6.71. The van der Waals surface area contributed by atoms with Crippen molar-refractivity contribution in [3.63, 3.8) is 0 Å². The van der Waals surface area contributed by atoms with E-state index in [1.807, 2.05) is 39.0 Å². The number of imide groups is 1. The molecule has 3 rings (SSSR count). The predicted octanol–water partition coefficient (Wildman–Crippen LogP) is 2.57. The third-order valence-electron chi connectivity index (χ3n) is 5.32. The average Bonchev–Trinajstić information content (AvgIpc) is 2.87. The van der Waals surface area contributed by atoms with Crippen LogP contribution in [0.2, 0.25) is 0 Å². The standard InChI is InChI=1S/C21H29N3O4/c1-5-6-17(24-18(25)12-21(2,3)13-19(24)26)22-10-9-14-7-8-15-16(11-14)28-20(27)23(15)4/h7-8,11,17,22H,5-6,9-10,12-13H2,1-4H3. The highest BCUT2D eigenvalue weighted by Gasteiger charge is 2.40. The van der Waals surface area contributed by atoms with Crippen LogP contribution in [0, 0.1) is 5.41 Å². The second-order valence-corrected chi connectivity index (χ2v) is 8.41. The number of hydrogen-bond acceptors (Lipinski definition) is 5. The molecule has 1 unspecified atom stereocenters. The molecule has 28 heavy (non-hydrogen) atoms. The SMILES string of the molecule is CCCC(NCCc1ccc2c(c1)oc(=O)n2C)N1C(=O)CC(C)(C)CC1=O. The van der Waals surface area contributed by atoms with Gasteiger partial charge in [-0.15, -0.1) is 0 Å². The highest BCUT2D eigenvalue weighted by molar-refractivity contribution is 5.98. The summed E-state index contributed by atoms with van der Waals surface area (Å²) in [6.07, 6.45) is 2.81. The summed E-state index contributed by atoms with van der Waals surface area (Å²) in [5.74, 6) is -0.572. The van der Waals surface area contributed by atoms with E-state index in [2.05, 4.69) is 5.32 Å². The van der Waals surface area contributed by atoms with Gasteiger partial charge < -0.3 is 4.42 Å². The molecule has 0 saturated carbocycles. The van der Waals surface area contributed by atoms with Crippen molar-refractivity contribution in [2.24, 2.45) is 12.5 Å². The summed E-state index contributed by atoms with van der Waals surface area (Å²) in [6, 6.07) is 5.71. The molecule has 0 bridgehead atoms. The van der Waals surface area contributed by atoms with E-state index in [0.29, 0.717) is 31.4 Å². The van der Waals surface area contributed by atoms with Gasteiger partial charge in [0.2, 0.25) is 11.8 Å². The number of nitrogens with one attached hydrogen (secondary N) is 1. The van der Waals surface area contributed by atoms with Gasteiger partial charge >= 0.3 is 5.76 Å². The minimum atomic E-state index is -0.377. The lowest BCUT2D eigenvalue weighted by molar-refractivity contribution is -0.156. The highest BCUT2D eigenvalue weighted by Crippen LogP contribution is 2.32. The summed E-state index contributed by atoms with van der Waals surface area (Å²) in [6.45, 7) is 6.58. The van der Waals surface area contributed by atoms with Gasteiger partial charge in [-0.2, -0.15) is 0 Å². The molecule has 152 valence electrons. The largest absolute Gasteiger partial charge is 0.419 e. The van der Waals surface area contributed by atoms with Crippen molar-refractivity contribution < 1.29 is 14.0 Å². The molecule has 1 fully saturated rings. The number of aryl methyl sites for hydroxylation is 1. The lowest BCUT2D eigenvalue weighted by atomic mass is 9.81. The van der Waals surface area contributed by atoms with Crippen molar-refractivity contribution in [1.82, 2.24) is 14.8 Å². The zero-order valence-corrected chi connectivity index (χ0v) is 17.1. The second kappa shape index (κ2) is 7.91. The number of rotatable bonds is 7. The van der Waals surface area contributed by atoms with Crippen molar-refractivity contribution in [2.45, 2.75) is 59.0 Å². The molecular formula is C21H29N3O4. The van der Waals surface area contributed by atoms with E-state index in [4.69, 9.17) is 4.42 Å². The Morgan fingerprint density at radius 2 is 1.86 bits per heavy atom. The lowest BCUT2D eigenvalue weighted by Crippen LogP contribution is -2.56. The van der Waals surface area contributed by atoms with Crippen molar-refractivity contribution in [3.8, 4) is 0 Å². The van der Waals surface area contributed by atoms with E-state index in [-0.39, 0.29) is 29.2 Å². The van der Waals surface area contributed by atoms with Crippen LogP contribution in [0.25, 0.3) is 11.1 Å². The first-order valence-corrected chi connectivity index (χ1v) is 9.88. The minimum Gasteiger partial charge on any atom is -0.408 e. The molecule has 1 saturated heterocycles. The third kappa shape index (κ3) is 4.19. The van der Waals surface area contributed by atoms with Crippen LogP contribution in [0.15, 0.2) is 27.4 Å². The molecule has 1 aromatic carbocycles. The molecule has 1 aliphatic heterocycles. The number of fused-ring (bicyclic) bond motifs is 1. The van der Waals surface area contributed by atoms with Gasteiger partial charge in [-0.25, -0.2) is 4.79 Å². The first-order chi connectivity index (χ1) is 13.2. The molecule has 1 aliphatic rings. The number of hydrogen-bond donors (Lipinski definition) is 1. The molecule has 1 N–H and O–H groups in total. The van der Waals surface area contributed by atoms with Crippen LogP contribution in [0.5, 0.6) is 0 Å². The van der Waals surface area contributed by atoms with E-state index < -0.39 is 0 Å². The normalized spacial score (nSPS) is 18.1. The predicted molar refractivity (Wildman–Crippen MR) is 107 cm³/mol. The molecule has 7 nitrogen and oxygen atoms in total. The number of oxazole rings is 1. The fourth-order valence-electron chi connectivity index (χ4n) is 3.85. The maximum absolute atomic E-state index is 12.6. The van der Waals surface area contributed by atoms with Crippen LogP contribution in [0.4, 0.5) is 0 Å². The molecule has 2 aromatic rings. The number of likely N-dealkylation sites (tertiary alicyclic amines) is 1. The molecule has 1 atom stereocenters. The second-order valence-electron chi connectivity index (χ2n) is 8.41. The highest BCUT2D eigenvalue weighted by atomic mass is 16.4. The van der Waals surface area contributed by atoms with Crippen molar-refractivity contribution in [1.29, 1.82) is 0 Å². The Hall–Kier alpha value is -2.41. The Bertz CT molecular complexity index is 921. The first kappa shape index (κ1) is 20.3. The smallest absolute Gasteiger partial charge is 0.408 e. The molecule has 0 aliphatic carbocycles. The number of nitrogens with zero attached hydrogens (tertiary/aromatic N) is 2. The Kier molecular flexibility index (Phi) is 5.74. The molecule has 1 aromatic heterocycles. The Balaban J connectivity index is 1.66. The molecule has 2 heterocycles. The maximum Gasteiger partial charge on any atom is 0.419 e. The molecule has 7 heteroatoms. The van der Waals surface area contributed by atoms with Crippen LogP contribution in [-0.2, 0) is 23.1 Å². The minimum absolute atomic E-state index is 0.0975. The van der Waals surface area contributed by atoms with Crippen LogP contribution >= 0.6 is 0 Å². The third-order valence-corrected chi connectivity index (χ3v) is 5.32. The van der Waals surface area contributed by atoms with E-state index in [1.165, 1.54) is 9.47 Å². The van der Waals surface area contributed by atoms with Gasteiger partial charge in [-0.05, 0) is 36.0 Å². The average molecular weight is 387 g/mol. The monoisotopic (exact) mass is 387 g/mol. The van der Waals surface area contributed by atoms with E-state index in [9.17, 15) is 14.4 Å². The summed E-state index contributed by atoms with van der Waals surface area (Å²) in [5.41, 5.74) is 2.09. The summed E-state index contributed by atoms with van der Waals surface area (Å²) >= 11 is 0. The van der Waals surface area contributed by atoms with Gasteiger partial charge in [0.25, 0.3) is 0 Å². The van der Waals surface area contributed by atoms with Crippen molar-refractivity contribution >= 4 is 22.9 Å². The number of aromatic nitrogens is 1. The van der Waals surface area contributed by atoms with Gasteiger partial charge in [-0.1, -0.05) is 33.3 Å². The number of amides is 2. The zero-order chi connectivity index (χ0) is 20.5. The van der Waals surface area contributed by atoms with Gasteiger partial charge in [0.1, 0.15) is 0 Å². The fraction of sp³-hybridized carbons (Fsp3) is 0.571. The summed E-state index contributed by atoms with van der Waals surface area (Å²) in [4.78, 5) is 38.2. The van der Waals surface area contributed by atoms with Crippen LogP contribution in [-0.4, -0.2) is 34.0 Å². The molecule has 0 spiro atoms. The molecular weight excluding hydrogens is 358 g/mol. The Morgan fingerprint density at radius 1 is 1.18 bits per heavy atom. The Labute approximate surface area is 164 Å². The number of carbonyl (C=O) groups is 2. The van der Waals surface area contributed by atoms with Crippen LogP contribution in [0.3, 0.4) is 0 Å². The first-order valence-electron chi connectivity index (χ1n) is 9.88. The maximum atomic E-state index is 12.6. The number of piperidine rings is 1. The quantitative estimate of drug-likeness (QED) is 0.738. The van der Waals surface area contributed by atoms with E-state index >= 15 is 0 Å². The summed E-state index contributed by atoms with van der Waals surface area (Å²) in [5, 5.41) is 3.38. The van der Waals surface area contributed by atoms with Gasteiger partial charge in [-0.3, -0.25) is 24.4 Å². The number of carbonyl (C=O) groups excluding carboxylic acids is 2. The van der Waals surface area contributed by atoms with Crippen molar-refractivity contribution in [2.75, 3.05) is 6.54 Å². The van der Waals surface area contributed by atoms with Crippen LogP contribution in [0.1, 0.15) is 52.0 Å². The molecule has 2 amide bonds. The summed E-state index contributed by atoms with van der Waals surface area (Å²) in [7, 11) is 1.68. The fourth-order valence-corrected chi connectivity index (χ4v) is 3.85. The van der Waals surface area contributed by atoms with Crippen molar-refractivity contribution in [3.05, 3.63) is 34.3 Å². The van der Waals surface area contributed by atoms with Gasteiger partial charge in [0.05, 0.1) is 11.7 Å².